The van der Waals surface area contributed by atoms with Crippen LogP contribution in [0.5, 0.6) is 5.75 Å². The molecule has 2 N–H and O–H groups in total. The van der Waals surface area contributed by atoms with Crippen molar-refractivity contribution in [3.8, 4) is 5.75 Å². The maximum Gasteiger partial charge on any atom is 0.338 e. The first-order valence-electron chi connectivity index (χ1n) is 5.83. The Morgan fingerprint density at radius 3 is 2.33 bits per heavy atom. The van der Waals surface area contributed by atoms with Crippen LogP contribution in [0.3, 0.4) is 0 Å². The third-order valence-electron chi connectivity index (χ3n) is 2.33. The van der Waals surface area contributed by atoms with Gasteiger partial charge in [0.15, 0.2) is 0 Å². The van der Waals surface area contributed by atoms with Crippen LogP contribution in [-0.2, 0) is 9.53 Å². The van der Waals surface area contributed by atoms with Gasteiger partial charge in [-0.25, -0.2) is 9.59 Å². The van der Waals surface area contributed by atoms with Crippen molar-refractivity contribution in [1.29, 1.82) is 0 Å². The first-order valence-corrected chi connectivity index (χ1v) is 5.83. The second-order valence-corrected chi connectivity index (χ2v) is 3.68. The summed E-state index contributed by atoms with van der Waals surface area (Å²) in [6, 6.07) is 5.52. The molecule has 0 fully saturated rings. The molecule has 0 saturated carbocycles. The van der Waals surface area contributed by atoms with Gasteiger partial charge in [-0.15, -0.1) is 0 Å². The van der Waals surface area contributed by atoms with Crippen molar-refractivity contribution in [2.24, 2.45) is 5.73 Å². The number of hydrogen-bond acceptors (Lipinski definition) is 5. The Bertz CT molecular complexity index is 414. The topological polar surface area (TPSA) is 78.6 Å². The molecule has 1 aromatic carbocycles. The molecule has 0 aliphatic heterocycles. The van der Waals surface area contributed by atoms with Crippen LogP contribution in [0.25, 0.3) is 0 Å². The molecule has 0 amide bonds. The van der Waals surface area contributed by atoms with Crippen molar-refractivity contribution in [2.75, 3.05) is 6.61 Å². The quantitative estimate of drug-likeness (QED) is 0.634. The van der Waals surface area contributed by atoms with E-state index < -0.39 is 18.0 Å². The molecule has 0 radical (unpaired) electrons. The minimum absolute atomic E-state index is 0.320. The lowest BCUT2D eigenvalue weighted by molar-refractivity contribution is -0.135. The summed E-state index contributed by atoms with van der Waals surface area (Å²) in [6.07, 6.45) is 0.514. The summed E-state index contributed by atoms with van der Waals surface area (Å²) in [7, 11) is 0. The molecular formula is C13H17NO4. The number of nitrogens with two attached hydrogens (primary N) is 1. The number of carbonyl (C=O) groups excluding carboxylic acids is 2. The van der Waals surface area contributed by atoms with Crippen molar-refractivity contribution in [2.45, 2.75) is 26.3 Å². The van der Waals surface area contributed by atoms with Gasteiger partial charge in [-0.05, 0) is 37.6 Å². The zero-order valence-corrected chi connectivity index (χ0v) is 10.5. The highest BCUT2D eigenvalue weighted by Gasteiger charge is 2.14. The van der Waals surface area contributed by atoms with Crippen LogP contribution in [-0.4, -0.2) is 24.6 Å². The largest absolute Gasteiger partial charge is 0.462 e. The van der Waals surface area contributed by atoms with Crippen LogP contribution in [0, 0.1) is 0 Å². The Hall–Kier alpha value is -1.88. The second kappa shape index (κ2) is 6.76. The van der Waals surface area contributed by atoms with Crippen LogP contribution >= 0.6 is 0 Å². The van der Waals surface area contributed by atoms with Gasteiger partial charge in [0.25, 0.3) is 0 Å². The average molecular weight is 251 g/mol. The SMILES string of the molecule is CCOC(=O)c1ccc(OC(=O)C(N)CC)cc1. The summed E-state index contributed by atoms with van der Waals surface area (Å²) in [5, 5.41) is 0. The van der Waals surface area contributed by atoms with E-state index in [-0.39, 0.29) is 0 Å². The maximum absolute atomic E-state index is 11.4. The number of esters is 2. The van der Waals surface area contributed by atoms with E-state index in [4.69, 9.17) is 15.2 Å². The summed E-state index contributed by atoms with van der Waals surface area (Å²) in [4.78, 5) is 22.8. The highest BCUT2D eigenvalue weighted by Crippen LogP contribution is 2.13. The molecule has 5 nitrogen and oxygen atoms in total. The van der Waals surface area contributed by atoms with Gasteiger partial charge in [0, 0.05) is 0 Å². The van der Waals surface area contributed by atoms with Crippen molar-refractivity contribution < 1.29 is 19.1 Å². The van der Waals surface area contributed by atoms with Crippen molar-refractivity contribution >= 4 is 11.9 Å². The van der Waals surface area contributed by atoms with Gasteiger partial charge in [0.1, 0.15) is 11.8 Å². The van der Waals surface area contributed by atoms with Gasteiger partial charge < -0.3 is 15.2 Å². The van der Waals surface area contributed by atoms with E-state index in [1.54, 1.807) is 13.8 Å². The van der Waals surface area contributed by atoms with Crippen LogP contribution in [0.2, 0.25) is 0 Å². The zero-order valence-electron chi connectivity index (χ0n) is 10.5. The number of benzene rings is 1. The fourth-order valence-electron chi connectivity index (χ4n) is 1.23. The molecule has 0 saturated heterocycles. The molecule has 18 heavy (non-hydrogen) atoms. The van der Waals surface area contributed by atoms with Crippen molar-refractivity contribution in [3.05, 3.63) is 29.8 Å². The zero-order chi connectivity index (χ0) is 13.5. The monoisotopic (exact) mass is 251 g/mol. The summed E-state index contributed by atoms with van der Waals surface area (Å²) >= 11 is 0. The van der Waals surface area contributed by atoms with Crippen molar-refractivity contribution in [3.63, 3.8) is 0 Å². The Kier molecular flexibility index (Phi) is 5.32. The molecule has 0 aromatic heterocycles. The summed E-state index contributed by atoms with van der Waals surface area (Å²) < 4.78 is 9.88. The molecule has 0 bridgehead atoms. The number of rotatable bonds is 5. The van der Waals surface area contributed by atoms with E-state index in [0.717, 1.165) is 0 Å². The van der Waals surface area contributed by atoms with Crippen LogP contribution in [0.4, 0.5) is 0 Å². The molecule has 1 aromatic rings. The maximum atomic E-state index is 11.4. The Morgan fingerprint density at radius 1 is 1.22 bits per heavy atom. The van der Waals surface area contributed by atoms with Gasteiger partial charge in [-0.3, -0.25) is 0 Å². The summed E-state index contributed by atoms with van der Waals surface area (Å²) in [5.74, 6) is -0.529. The Morgan fingerprint density at radius 2 is 1.83 bits per heavy atom. The normalized spacial score (nSPS) is 11.7. The first-order chi connectivity index (χ1) is 8.58. The highest BCUT2D eigenvalue weighted by molar-refractivity contribution is 5.89. The van der Waals surface area contributed by atoms with Gasteiger partial charge in [0.05, 0.1) is 12.2 Å². The minimum Gasteiger partial charge on any atom is -0.462 e. The molecule has 98 valence electrons. The van der Waals surface area contributed by atoms with Crippen molar-refractivity contribution in [1.82, 2.24) is 0 Å². The fraction of sp³-hybridized carbons (Fsp3) is 0.385. The lowest BCUT2D eigenvalue weighted by atomic mass is 10.2. The first kappa shape index (κ1) is 14.2. The predicted octanol–water partition coefficient (Wildman–Crippen LogP) is 1.51. The fourth-order valence-corrected chi connectivity index (χ4v) is 1.23. The predicted molar refractivity (Wildman–Crippen MR) is 66.3 cm³/mol. The van der Waals surface area contributed by atoms with Gasteiger partial charge in [-0.2, -0.15) is 0 Å². The van der Waals surface area contributed by atoms with E-state index >= 15 is 0 Å². The lowest BCUT2D eigenvalue weighted by Gasteiger charge is -2.09. The summed E-state index contributed by atoms with van der Waals surface area (Å²) in [6.45, 7) is 3.86. The Labute approximate surface area is 106 Å². The standard InChI is InChI=1S/C13H17NO4/c1-3-11(14)13(16)18-10-7-5-9(6-8-10)12(15)17-4-2/h5-8,11H,3-4,14H2,1-2H3. The Balaban J connectivity index is 2.66. The van der Waals surface area contributed by atoms with Gasteiger partial charge >= 0.3 is 11.9 Å². The summed E-state index contributed by atoms with van der Waals surface area (Å²) in [5.41, 5.74) is 5.95. The van der Waals surface area contributed by atoms with E-state index in [9.17, 15) is 9.59 Å². The number of carbonyl (C=O) groups is 2. The van der Waals surface area contributed by atoms with E-state index in [1.165, 1.54) is 24.3 Å². The van der Waals surface area contributed by atoms with E-state index in [0.29, 0.717) is 24.3 Å². The third-order valence-corrected chi connectivity index (χ3v) is 2.33. The molecule has 5 heteroatoms. The van der Waals surface area contributed by atoms with Crippen LogP contribution in [0.15, 0.2) is 24.3 Å². The molecule has 1 atom stereocenters. The smallest absolute Gasteiger partial charge is 0.338 e. The second-order valence-electron chi connectivity index (χ2n) is 3.68. The lowest BCUT2D eigenvalue weighted by Crippen LogP contribution is -2.33. The molecule has 0 aliphatic rings. The van der Waals surface area contributed by atoms with Gasteiger partial charge in [-0.1, -0.05) is 6.92 Å². The number of hydrogen-bond donors (Lipinski definition) is 1. The highest BCUT2D eigenvalue weighted by atomic mass is 16.5. The van der Waals surface area contributed by atoms with Crippen LogP contribution in [0.1, 0.15) is 30.6 Å². The molecule has 0 spiro atoms. The number of ether oxygens (including phenoxy) is 2. The molecular weight excluding hydrogens is 234 g/mol. The average Bonchev–Trinajstić information content (AvgIpc) is 2.38. The van der Waals surface area contributed by atoms with E-state index in [2.05, 4.69) is 0 Å². The van der Waals surface area contributed by atoms with Gasteiger partial charge in [0.2, 0.25) is 0 Å². The molecule has 1 rings (SSSR count). The van der Waals surface area contributed by atoms with E-state index in [1.807, 2.05) is 0 Å². The van der Waals surface area contributed by atoms with Crippen LogP contribution < -0.4 is 10.5 Å². The molecule has 0 heterocycles. The molecule has 1 unspecified atom stereocenters. The third kappa shape index (κ3) is 3.85. The minimum atomic E-state index is -0.630. The molecule has 0 aliphatic carbocycles.